The monoisotopic (exact) mass is 299 g/mol. The third-order valence-corrected chi connectivity index (χ3v) is 3.98. The molecule has 1 heterocycles. The molecular weight excluding hydrogens is 277 g/mol. The predicted octanol–water partition coefficient (Wildman–Crippen LogP) is 4.19. The van der Waals surface area contributed by atoms with Gasteiger partial charge in [0.15, 0.2) is 0 Å². The van der Waals surface area contributed by atoms with Gasteiger partial charge in [0.1, 0.15) is 5.82 Å². The van der Waals surface area contributed by atoms with Crippen LogP contribution in [0.4, 0.5) is 4.39 Å². The summed E-state index contributed by atoms with van der Waals surface area (Å²) in [5, 5.41) is 3.62. The average molecular weight is 300 g/mol. The van der Waals surface area contributed by atoms with Crippen molar-refractivity contribution in [1.29, 1.82) is 0 Å². The SMILES string of the molecule is CC(C)CNCC1CCCOC1c1cccc(Cl)c1F. The molecule has 112 valence electrons. The summed E-state index contributed by atoms with van der Waals surface area (Å²) >= 11 is 5.88. The van der Waals surface area contributed by atoms with Crippen LogP contribution in [0.25, 0.3) is 0 Å². The summed E-state index contributed by atoms with van der Waals surface area (Å²) < 4.78 is 20.0. The van der Waals surface area contributed by atoms with Crippen LogP contribution >= 0.6 is 11.6 Å². The average Bonchev–Trinajstić information content (AvgIpc) is 2.42. The van der Waals surface area contributed by atoms with Crippen LogP contribution in [0.15, 0.2) is 18.2 Å². The van der Waals surface area contributed by atoms with E-state index in [-0.39, 0.29) is 16.9 Å². The van der Waals surface area contributed by atoms with Crippen molar-refractivity contribution in [3.8, 4) is 0 Å². The van der Waals surface area contributed by atoms with Gasteiger partial charge in [0.05, 0.1) is 11.1 Å². The highest BCUT2D eigenvalue weighted by Crippen LogP contribution is 2.36. The Morgan fingerprint density at radius 1 is 1.45 bits per heavy atom. The third-order valence-electron chi connectivity index (χ3n) is 3.69. The highest BCUT2D eigenvalue weighted by atomic mass is 35.5. The molecule has 1 aliphatic heterocycles. The topological polar surface area (TPSA) is 21.3 Å². The van der Waals surface area contributed by atoms with Gasteiger partial charge < -0.3 is 10.1 Å². The van der Waals surface area contributed by atoms with Crippen LogP contribution in [0.5, 0.6) is 0 Å². The van der Waals surface area contributed by atoms with Crippen LogP contribution < -0.4 is 5.32 Å². The zero-order valence-electron chi connectivity index (χ0n) is 12.2. The fourth-order valence-electron chi connectivity index (χ4n) is 2.69. The summed E-state index contributed by atoms with van der Waals surface area (Å²) in [7, 11) is 0. The molecule has 0 aliphatic carbocycles. The molecule has 2 rings (SSSR count). The van der Waals surface area contributed by atoms with Crippen LogP contribution in [-0.4, -0.2) is 19.7 Å². The fraction of sp³-hybridized carbons (Fsp3) is 0.625. The van der Waals surface area contributed by atoms with Gasteiger partial charge in [-0.1, -0.05) is 37.6 Å². The second-order valence-corrected chi connectivity index (χ2v) is 6.30. The fourth-order valence-corrected chi connectivity index (χ4v) is 2.88. The number of nitrogens with one attached hydrogen (secondary N) is 1. The number of halogens is 2. The van der Waals surface area contributed by atoms with Crippen LogP contribution in [0, 0.1) is 17.7 Å². The summed E-state index contributed by atoms with van der Waals surface area (Å²) in [6.07, 6.45) is 1.90. The largest absolute Gasteiger partial charge is 0.373 e. The third kappa shape index (κ3) is 3.94. The van der Waals surface area contributed by atoms with E-state index in [1.54, 1.807) is 18.2 Å². The maximum absolute atomic E-state index is 14.2. The molecule has 1 saturated heterocycles. The van der Waals surface area contributed by atoms with Crippen molar-refractivity contribution in [3.05, 3.63) is 34.6 Å². The summed E-state index contributed by atoms with van der Waals surface area (Å²) in [5.74, 6) is 0.575. The lowest BCUT2D eigenvalue weighted by Gasteiger charge is -2.32. The first kappa shape index (κ1) is 15.7. The highest BCUT2D eigenvalue weighted by molar-refractivity contribution is 6.30. The first-order valence-corrected chi connectivity index (χ1v) is 7.73. The van der Waals surface area contributed by atoms with Crippen LogP contribution in [-0.2, 0) is 4.74 Å². The standard InChI is InChI=1S/C16H23ClFNO/c1-11(2)9-19-10-12-5-4-8-20-16(12)13-6-3-7-14(17)15(13)18/h3,6-7,11-12,16,19H,4-5,8-10H2,1-2H3. The molecule has 2 atom stereocenters. The maximum atomic E-state index is 14.2. The maximum Gasteiger partial charge on any atom is 0.147 e. The quantitative estimate of drug-likeness (QED) is 0.880. The van der Waals surface area contributed by atoms with Gasteiger partial charge in [-0.15, -0.1) is 0 Å². The van der Waals surface area contributed by atoms with Gasteiger partial charge in [0, 0.05) is 24.6 Å². The number of rotatable bonds is 5. The van der Waals surface area contributed by atoms with Gasteiger partial charge in [0.2, 0.25) is 0 Å². The van der Waals surface area contributed by atoms with Crippen LogP contribution in [0.1, 0.15) is 38.4 Å². The summed E-state index contributed by atoms with van der Waals surface area (Å²) in [6, 6.07) is 5.15. The van der Waals surface area contributed by atoms with Gasteiger partial charge >= 0.3 is 0 Å². The Hall–Kier alpha value is -0.640. The highest BCUT2D eigenvalue weighted by Gasteiger charge is 2.29. The van der Waals surface area contributed by atoms with Crippen molar-refractivity contribution >= 4 is 11.6 Å². The number of ether oxygens (including phenoxy) is 1. The van der Waals surface area contributed by atoms with Crippen molar-refractivity contribution in [2.75, 3.05) is 19.7 Å². The van der Waals surface area contributed by atoms with E-state index in [4.69, 9.17) is 16.3 Å². The number of hydrogen-bond donors (Lipinski definition) is 1. The Labute approximate surface area is 125 Å². The Morgan fingerprint density at radius 3 is 3.00 bits per heavy atom. The normalized spacial score (nSPS) is 23.2. The zero-order valence-corrected chi connectivity index (χ0v) is 12.9. The summed E-state index contributed by atoms with van der Waals surface area (Å²) in [5.41, 5.74) is 0.591. The minimum Gasteiger partial charge on any atom is -0.373 e. The molecule has 2 nitrogen and oxygen atoms in total. The van der Waals surface area contributed by atoms with Crippen LogP contribution in [0.3, 0.4) is 0 Å². The van der Waals surface area contributed by atoms with Crippen LogP contribution in [0.2, 0.25) is 5.02 Å². The van der Waals surface area contributed by atoms with Crippen molar-refractivity contribution < 1.29 is 9.13 Å². The molecule has 1 N–H and O–H groups in total. The number of benzene rings is 1. The van der Waals surface area contributed by atoms with E-state index >= 15 is 0 Å². The van der Waals surface area contributed by atoms with E-state index in [1.807, 2.05) is 0 Å². The molecule has 0 aromatic heterocycles. The lowest BCUT2D eigenvalue weighted by Crippen LogP contribution is -2.33. The van der Waals surface area contributed by atoms with Gasteiger partial charge in [-0.2, -0.15) is 0 Å². The minimum absolute atomic E-state index is 0.172. The molecule has 4 heteroatoms. The molecule has 2 unspecified atom stereocenters. The molecule has 1 aliphatic rings. The van der Waals surface area contributed by atoms with Gasteiger partial charge in [-0.3, -0.25) is 0 Å². The van der Waals surface area contributed by atoms with Crippen molar-refractivity contribution in [1.82, 2.24) is 5.32 Å². The molecule has 1 fully saturated rings. The van der Waals surface area contributed by atoms with Gasteiger partial charge in [-0.25, -0.2) is 4.39 Å². The molecule has 1 aromatic rings. The van der Waals surface area contributed by atoms with E-state index < -0.39 is 0 Å². The van der Waals surface area contributed by atoms with Crippen molar-refractivity contribution in [3.63, 3.8) is 0 Å². The summed E-state index contributed by atoms with van der Waals surface area (Å²) in [6.45, 7) is 6.88. The van der Waals surface area contributed by atoms with Gasteiger partial charge in [0.25, 0.3) is 0 Å². The predicted molar refractivity (Wildman–Crippen MR) is 80.5 cm³/mol. The Balaban J connectivity index is 2.08. The zero-order chi connectivity index (χ0) is 14.5. The first-order chi connectivity index (χ1) is 9.59. The van der Waals surface area contributed by atoms with E-state index in [0.29, 0.717) is 24.0 Å². The van der Waals surface area contributed by atoms with E-state index in [0.717, 1.165) is 25.9 Å². The lowest BCUT2D eigenvalue weighted by molar-refractivity contribution is -0.0297. The van der Waals surface area contributed by atoms with Crippen molar-refractivity contribution in [2.45, 2.75) is 32.8 Å². The molecule has 0 radical (unpaired) electrons. The Kier molecular flexibility index (Phi) is 5.82. The molecule has 20 heavy (non-hydrogen) atoms. The molecule has 0 amide bonds. The smallest absolute Gasteiger partial charge is 0.147 e. The summed E-state index contributed by atoms with van der Waals surface area (Å²) in [4.78, 5) is 0. The number of hydrogen-bond acceptors (Lipinski definition) is 2. The van der Waals surface area contributed by atoms with Crippen molar-refractivity contribution in [2.24, 2.45) is 11.8 Å². The molecule has 1 aromatic carbocycles. The van der Waals surface area contributed by atoms with E-state index in [9.17, 15) is 4.39 Å². The minimum atomic E-state index is -0.338. The second kappa shape index (κ2) is 7.39. The Bertz CT molecular complexity index is 438. The first-order valence-electron chi connectivity index (χ1n) is 7.35. The molecule has 0 saturated carbocycles. The van der Waals surface area contributed by atoms with E-state index in [2.05, 4.69) is 19.2 Å². The second-order valence-electron chi connectivity index (χ2n) is 5.89. The lowest BCUT2D eigenvalue weighted by atomic mass is 9.89. The molecule has 0 spiro atoms. The molecular formula is C16H23ClFNO. The Morgan fingerprint density at radius 2 is 2.25 bits per heavy atom. The van der Waals surface area contributed by atoms with Gasteiger partial charge in [-0.05, 0) is 31.4 Å². The van der Waals surface area contributed by atoms with E-state index in [1.165, 1.54) is 0 Å². The molecule has 0 bridgehead atoms.